The van der Waals surface area contributed by atoms with Gasteiger partial charge in [-0.15, -0.1) is 0 Å². The Labute approximate surface area is 98.2 Å². The van der Waals surface area contributed by atoms with E-state index in [0.29, 0.717) is 17.9 Å². The average Bonchev–Trinajstić information content (AvgIpc) is 2.30. The zero-order chi connectivity index (χ0) is 11.5. The Bertz CT molecular complexity index is 344. The summed E-state index contributed by atoms with van der Waals surface area (Å²) in [5.74, 6) is 7.04. The maximum atomic E-state index is 5.74. The summed E-state index contributed by atoms with van der Waals surface area (Å²) in [4.78, 5) is 0. The molecule has 2 nitrogen and oxygen atoms in total. The molecule has 3 N–H and O–H groups in total. The maximum Gasteiger partial charge on any atom is 0.0310 e. The fourth-order valence-electron chi connectivity index (χ4n) is 3.00. The number of hydrogen-bond acceptors (Lipinski definition) is 2. The van der Waals surface area contributed by atoms with Gasteiger partial charge >= 0.3 is 0 Å². The molecule has 0 radical (unpaired) electrons. The van der Waals surface area contributed by atoms with E-state index >= 15 is 0 Å². The minimum Gasteiger partial charge on any atom is -0.271 e. The third kappa shape index (κ3) is 1.87. The molecule has 1 aromatic carbocycles. The van der Waals surface area contributed by atoms with Crippen molar-refractivity contribution in [1.82, 2.24) is 5.43 Å². The lowest BCUT2D eigenvalue weighted by molar-refractivity contribution is 0.276. The molecule has 0 saturated heterocycles. The summed E-state index contributed by atoms with van der Waals surface area (Å²) in [6.45, 7) is 4.51. The normalized spacial score (nSPS) is 20.4. The van der Waals surface area contributed by atoms with Gasteiger partial charge in [-0.3, -0.25) is 11.3 Å². The first-order valence-electron chi connectivity index (χ1n) is 6.35. The summed E-state index contributed by atoms with van der Waals surface area (Å²) in [5.41, 5.74) is 6.04. The van der Waals surface area contributed by atoms with E-state index in [0.717, 1.165) is 0 Å². The molecule has 1 aliphatic carbocycles. The van der Waals surface area contributed by atoms with Gasteiger partial charge < -0.3 is 0 Å². The highest BCUT2D eigenvalue weighted by Crippen LogP contribution is 2.40. The average molecular weight is 218 g/mol. The number of nitrogens with two attached hydrogens (primary N) is 1. The molecule has 0 spiro atoms. The van der Waals surface area contributed by atoms with E-state index < -0.39 is 0 Å². The quantitative estimate of drug-likeness (QED) is 0.589. The molecular weight excluding hydrogens is 196 g/mol. The van der Waals surface area contributed by atoms with Crippen LogP contribution in [-0.2, 0) is 6.42 Å². The Morgan fingerprint density at radius 3 is 2.56 bits per heavy atom. The summed E-state index contributed by atoms with van der Waals surface area (Å²) in [6, 6.07) is 9.16. The van der Waals surface area contributed by atoms with E-state index in [2.05, 4.69) is 43.5 Å². The summed E-state index contributed by atoms with van der Waals surface area (Å²) in [5, 5.41) is 0. The van der Waals surface area contributed by atoms with Crippen LogP contribution in [-0.4, -0.2) is 6.04 Å². The molecule has 1 aromatic rings. The Morgan fingerprint density at radius 1 is 1.31 bits per heavy atom. The molecule has 0 saturated carbocycles. The van der Waals surface area contributed by atoms with Gasteiger partial charge in [0.15, 0.2) is 0 Å². The molecule has 2 atom stereocenters. The van der Waals surface area contributed by atoms with Gasteiger partial charge in [0.1, 0.15) is 0 Å². The van der Waals surface area contributed by atoms with Crippen LogP contribution >= 0.6 is 0 Å². The SMILES string of the molecule is CCC(CC)C(NN)C1Cc2ccccc21. The van der Waals surface area contributed by atoms with Gasteiger partial charge in [-0.2, -0.15) is 0 Å². The molecule has 0 aliphatic heterocycles. The van der Waals surface area contributed by atoms with E-state index in [1.54, 1.807) is 0 Å². The molecule has 88 valence electrons. The predicted octanol–water partition coefficient (Wildman–Crippen LogP) is 2.59. The number of benzene rings is 1. The lowest BCUT2D eigenvalue weighted by Gasteiger charge is -2.39. The lowest BCUT2D eigenvalue weighted by Crippen LogP contribution is -2.48. The van der Waals surface area contributed by atoms with Crippen molar-refractivity contribution in [2.45, 2.75) is 45.1 Å². The second-order valence-corrected chi connectivity index (χ2v) is 4.78. The van der Waals surface area contributed by atoms with Gasteiger partial charge in [0.2, 0.25) is 0 Å². The first-order valence-corrected chi connectivity index (χ1v) is 6.35. The van der Waals surface area contributed by atoms with Crippen LogP contribution < -0.4 is 11.3 Å². The monoisotopic (exact) mass is 218 g/mol. The molecular formula is C14H22N2. The van der Waals surface area contributed by atoms with E-state index in [1.165, 1.54) is 30.4 Å². The maximum absolute atomic E-state index is 5.74. The molecule has 16 heavy (non-hydrogen) atoms. The number of hydrazine groups is 1. The van der Waals surface area contributed by atoms with Crippen LogP contribution in [0.1, 0.15) is 43.7 Å². The molecule has 2 unspecified atom stereocenters. The molecule has 0 amide bonds. The van der Waals surface area contributed by atoms with Crippen molar-refractivity contribution in [3.05, 3.63) is 35.4 Å². The number of nitrogens with one attached hydrogen (secondary N) is 1. The molecule has 1 aliphatic rings. The Morgan fingerprint density at radius 2 is 2.00 bits per heavy atom. The van der Waals surface area contributed by atoms with Gasteiger partial charge in [0.05, 0.1) is 0 Å². The standard InChI is InChI=1S/C14H22N2/c1-3-10(4-2)14(16-15)13-9-11-7-5-6-8-12(11)13/h5-8,10,13-14,16H,3-4,9,15H2,1-2H3. The van der Waals surface area contributed by atoms with Crippen molar-refractivity contribution < 1.29 is 0 Å². The number of fused-ring (bicyclic) bond motifs is 1. The van der Waals surface area contributed by atoms with E-state index in [1.807, 2.05) is 0 Å². The van der Waals surface area contributed by atoms with E-state index in [9.17, 15) is 0 Å². The van der Waals surface area contributed by atoms with Crippen molar-refractivity contribution in [2.24, 2.45) is 11.8 Å². The van der Waals surface area contributed by atoms with Crippen LogP contribution in [0.25, 0.3) is 0 Å². The Balaban J connectivity index is 2.14. The topological polar surface area (TPSA) is 38.0 Å². The van der Waals surface area contributed by atoms with Crippen molar-refractivity contribution in [2.75, 3.05) is 0 Å². The highest BCUT2D eigenvalue weighted by molar-refractivity contribution is 5.41. The fourth-order valence-corrected chi connectivity index (χ4v) is 3.00. The van der Waals surface area contributed by atoms with Crippen molar-refractivity contribution in [3.8, 4) is 0 Å². The third-order valence-electron chi connectivity index (χ3n) is 4.08. The van der Waals surface area contributed by atoms with E-state index in [4.69, 9.17) is 5.84 Å². The minimum absolute atomic E-state index is 0.435. The van der Waals surface area contributed by atoms with Crippen LogP contribution in [0.2, 0.25) is 0 Å². The molecule has 2 rings (SSSR count). The largest absolute Gasteiger partial charge is 0.271 e. The molecule has 0 heterocycles. The van der Waals surface area contributed by atoms with Gasteiger partial charge in [-0.05, 0) is 23.5 Å². The molecule has 0 aromatic heterocycles. The Hall–Kier alpha value is -0.860. The molecule has 0 fully saturated rings. The van der Waals surface area contributed by atoms with E-state index in [-0.39, 0.29) is 0 Å². The third-order valence-corrected chi connectivity index (χ3v) is 4.08. The van der Waals surface area contributed by atoms with Crippen LogP contribution in [0.5, 0.6) is 0 Å². The zero-order valence-electron chi connectivity index (χ0n) is 10.2. The fraction of sp³-hybridized carbons (Fsp3) is 0.571. The highest BCUT2D eigenvalue weighted by atomic mass is 15.2. The zero-order valence-corrected chi connectivity index (χ0v) is 10.2. The second kappa shape index (κ2) is 4.98. The van der Waals surface area contributed by atoms with Crippen molar-refractivity contribution in [1.29, 1.82) is 0 Å². The van der Waals surface area contributed by atoms with Gasteiger partial charge in [-0.25, -0.2) is 0 Å². The number of hydrogen-bond donors (Lipinski definition) is 2. The molecule has 0 bridgehead atoms. The lowest BCUT2D eigenvalue weighted by atomic mass is 9.69. The predicted molar refractivity (Wildman–Crippen MR) is 68.1 cm³/mol. The smallest absolute Gasteiger partial charge is 0.0310 e. The second-order valence-electron chi connectivity index (χ2n) is 4.78. The summed E-state index contributed by atoms with van der Waals surface area (Å²) < 4.78 is 0. The summed E-state index contributed by atoms with van der Waals surface area (Å²) >= 11 is 0. The van der Waals surface area contributed by atoms with Crippen LogP contribution in [0.15, 0.2) is 24.3 Å². The minimum atomic E-state index is 0.435. The van der Waals surface area contributed by atoms with Gasteiger partial charge in [-0.1, -0.05) is 51.0 Å². The first-order chi connectivity index (χ1) is 7.81. The van der Waals surface area contributed by atoms with Crippen molar-refractivity contribution in [3.63, 3.8) is 0 Å². The van der Waals surface area contributed by atoms with Gasteiger partial charge in [0, 0.05) is 12.0 Å². The molecule has 2 heteroatoms. The van der Waals surface area contributed by atoms with Crippen LogP contribution in [0.3, 0.4) is 0 Å². The number of rotatable bonds is 5. The Kier molecular flexibility index (Phi) is 3.62. The first kappa shape index (κ1) is 11.6. The summed E-state index contributed by atoms with van der Waals surface area (Å²) in [6.07, 6.45) is 3.58. The summed E-state index contributed by atoms with van der Waals surface area (Å²) in [7, 11) is 0. The van der Waals surface area contributed by atoms with Crippen LogP contribution in [0, 0.1) is 5.92 Å². The van der Waals surface area contributed by atoms with Gasteiger partial charge in [0.25, 0.3) is 0 Å². The van der Waals surface area contributed by atoms with Crippen molar-refractivity contribution >= 4 is 0 Å². The van der Waals surface area contributed by atoms with Crippen LogP contribution in [0.4, 0.5) is 0 Å². The highest BCUT2D eigenvalue weighted by Gasteiger charge is 2.35.